The van der Waals surface area contributed by atoms with Gasteiger partial charge in [-0.25, -0.2) is 4.98 Å². The SMILES string of the molecule is CCc1ccc2nc(NC(=O)c3ccc(OCc4nsnc4C)cc3)sc2c1. The van der Waals surface area contributed by atoms with Gasteiger partial charge >= 0.3 is 0 Å². The molecule has 2 heterocycles. The van der Waals surface area contributed by atoms with Gasteiger partial charge < -0.3 is 4.74 Å². The van der Waals surface area contributed by atoms with Gasteiger partial charge in [-0.1, -0.05) is 24.3 Å². The van der Waals surface area contributed by atoms with E-state index in [1.54, 1.807) is 24.3 Å². The fourth-order valence-electron chi connectivity index (χ4n) is 2.65. The Morgan fingerprint density at radius 3 is 2.68 bits per heavy atom. The van der Waals surface area contributed by atoms with Crippen LogP contribution in [0.15, 0.2) is 42.5 Å². The Morgan fingerprint density at radius 2 is 1.96 bits per heavy atom. The first-order chi connectivity index (χ1) is 13.6. The van der Waals surface area contributed by atoms with Gasteiger partial charge in [0.25, 0.3) is 5.91 Å². The highest BCUT2D eigenvalue weighted by molar-refractivity contribution is 7.22. The molecule has 1 N–H and O–H groups in total. The Kier molecular flexibility index (Phi) is 5.31. The Bertz CT molecular complexity index is 1120. The van der Waals surface area contributed by atoms with Crippen LogP contribution in [0.25, 0.3) is 10.2 Å². The highest BCUT2D eigenvalue weighted by atomic mass is 32.1. The summed E-state index contributed by atoms with van der Waals surface area (Å²) in [6.45, 7) is 4.38. The molecule has 0 saturated heterocycles. The Hall–Kier alpha value is -2.84. The second-order valence-electron chi connectivity index (χ2n) is 6.24. The summed E-state index contributed by atoms with van der Waals surface area (Å²) in [6, 6.07) is 13.2. The molecule has 2 aromatic carbocycles. The monoisotopic (exact) mass is 410 g/mol. The van der Waals surface area contributed by atoms with E-state index >= 15 is 0 Å². The van der Waals surface area contributed by atoms with Crippen molar-refractivity contribution in [3.8, 4) is 5.75 Å². The lowest BCUT2D eigenvalue weighted by molar-refractivity contribution is 0.102. The van der Waals surface area contributed by atoms with Crippen LogP contribution in [0.3, 0.4) is 0 Å². The summed E-state index contributed by atoms with van der Waals surface area (Å²) in [7, 11) is 0. The molecule has 0 aliphatic rings. The molecule has 0 atom stereocenters. The van der Waals surface area contributed by atoms with Crippen molar-refractivity contribution >= 4 is 44.3 Å². The maximum Gasteiger partial charge on any atom is 0.257 e. The van der Waals surface area contributed by atoms with Crippen molar-refractivity contribution in [2.45, 2.75) is 26.9 Å². The molecule has 0 aliphatic heterocycles. The molecule has 28 heavy (non-hydrogen) atoms. The zero-order chi connectivity index (χ0) is 19.5. The number of fused-ring (bicyclic) bond motifs is 1. The summed E-state index contributed by atoms with van der Waals surface area (Å²) in [5.41, 5.74) is 4.41. The van der Waals surface area contributed by atoms with E-state index in [0.29, 0.717) is 23.1 Å². The first kappa shape index (κ1) is 18.5. The third-order valence-corrected chi connectivity index (χ3v) is 5.91. The minimum absolute atomic E-state index is 0.194. The molecule has 4 aromatic rings. The molecule has 0 unspecified atom stereocenters. The van der Waals surface area contributed by atoms with E-state index in [0.717, 1.165) is 28.0 Å². The van der Waals surface area contributed by atoms with Gasteiger partial charge in [0.15, 0.2) is 5.13 Å². The zero-order valence-electron chi connectivity index (χ0n) is 15.4. The number of hydrogen-bond donors (Lipinski definition) is 1. The number of aromatic nitrogens is 3. The van der Waals surface area contributed by atoms with Crippen LogP contribution in [0.5, 0.6) is 5.75 Å². The fraction of sp³-hybridized carbons (Fsp3) is 0.200. The highest BCUT2D eigenvalue weighted by Gasteiger charge is 2.11. The molecule has 6 nitrogen and oxygen atoms in total. The minimum Gasteiger partial charge on any atom is -0.487 e. The third kappa shape index (κ3) is 4.02. The van der Waals surface area contributed by atoms with Crippen molar-refractivity contribution in [1.82, 2.24) is 13.7 Å². The molecular formula is C20H18N4O2S2. The Morgan fingerprint density at radius 1 is 1.14 bits per heavy atom. The van der Waals surface area contributed by atoms with Crippen molar-refractivity contribution < 1.29 is 9.53 Å². The van der Waals surface area contributed by atoms with E-state index in [2.05, 4.69) is 38.1 Å². The lowest BCUT2D eigenvalue weighted by atomic mass is 10.2. The molecular weight excluding hydrogens is 392 g/mol. The van der Waals surface area contributed by atoms with Crippen molar-refractivity contribution in [3.63, 3.8) is 0 Å². The topological polar surface area (TPSA) is 77.0 Å². The average molecular weight is 411 g/mol. The standard InChI is InChI=1S/C20H18N4O2S2/c1-3-13-4-9-16-18(10-13)27-20(21-16)22-19(25)14-5-7-15(8-6-14)26-11-17-12(2)23-28-24-17/h4-10H,3,11H2,1-2H3,(H,21,22,25). The molecule has 4 rings (SSSR count). The molecule has 1 amide bonds. The van der Waals surface area contributed by atoms with Crippen LogP contribution in [0, 0.1) is 6.92 Å². The summed E-state index contributed by atoms with van der Waals surface area (Å²) in [5, 5.41) is 3.47. The number of carbonyl (C=O) groups excluding carboxylic acids is 1. The number of carbonyl (C=O) groups is 1. The smallest absolute Gasteiger partial charge is 0.257 e. The lowest BCUT2D eigenvalue weighted by Crippen LogP contribution is -2.11. The zero-order valence-corrected chi connectivity index (χ0v) is 17.1. The number of ether oxygens (including phenoxy) is 1. The van der Waals surface area contributed by atoms with Gasteiger partial charge in [-0.15, -0.1) is 0 Å². The molecule has 0 saturated carbocycles. The van der Waals surface area contributed by atoms with Gasteiger partial charge in [0.05, 0.1) is 27.6 Å². The molecule has 2 aromatic heterocycles. The first-order valence-electron chi connectivity index (χ1n) is 8.84. The van der Waals surface area contributed by atoms with Gasteiger partial charge in [-0.3, -0.25) is 10.1 Å². The van der Waals surface area contributed by atoms with Crippen LogP contribution < -0.4 is 10.1 Å². The van der Waals surface area contributed by atoms with Gasteiger partial charge in [-0.05, 0) is 55.3 Å². The van der Waals surface area contributed by atoms with Gasteiger partial charge in [0.2, 0.25) is 0 Å². The molecule has 0 spiro atoms. The summed E-state index contributed by atoms with van der Waals surface area (Å²) < 4.78 is 15.1. The van der Waals surface area contributed by atoms with E-state index < -0.39 is 0 Å². The summed E-state index contributed by atoms with van der Waals surface area (Å²) >= 11 is 2.66. The second kappa shape index (κ2) is 8.04. The van der Waals surface area contributed by atoms with Gasteiger partial charge in [-0.2, -0.15) is 8.75 Å². The number of nitrogens with zero attached hydrogens (tertiary/aromatic N) is 3. The van der Waals surface area contributed by atoms with E-state index in [1.165, 1.54) is 28.6 Å². The van der Waals surface area contributed by atoms with Crippen molar-refractivity contribution in [1.29, 1.82) is 0 Å². The van der Waals surface area contributed by atoms with E-state index in [4.69, 9.17) is 4.74 Å². The number of aryl methyl sites for hydroxylation is 2. The van der Waals surface area contributed by atoms with E-state index in [9.17, 15) is 4.79 Å². The van der Waals surface area contributed by atoms with Crippen LogP contribution in [-0.4, -0.2) is 19.6 Å². The molecule has 8 heteroatoms. The number of thiazole rings is 1. The highest BCUT2D eigenvalue weighted by Crippen LogP contribution is 2.27. The summed E-state index contributed by atoms with van der Waals surface area (Å²) in [4.78, 5) is 17.0. The number of anilines is 1. The van der Waals surface area contributed by atoms with Crippen LogP contribution >= 0.6 is 23.1 Å². The van der Waals surface area contributed by atoms with Crippen LogP contribution in [0.1, 0.15) is 34.2 Å². The minimum atomic E-state index is -0.194. The van der Waals surface area contributed by atoms with Crippen LogP contribution in [0.4, 0.5) is 5.13 Å². The third-order valence-electron chi connectivity index (χ3n) is 4.32. The molecule has 0 fully saturated rings. The van der Waals surface area contributed by atoms with Crippen molar-refractivity contribution in [3.05, 3.63) is 65.0 Å². The summed E-state index contributed by atoms with van der Waals surface area (Å²) in [5.74, 6) is 0.483. The quantitative estimate of drug-likeness (QED) is 0.492. The average Bonchev–Trinajstić information content (AvgIpc) is 3.31. The molecule has 0 bridgehead atoms. The number of amides is 1. The van der Waals surface area contributed by atoms with Crippen molar-refractivity contribution in [2.24, 2.45) is 0 Å². The van der Waals surface area contributed by atoms with Crippen LogP contribution in [-0.2, 0) is 13.0 Å². The first-order valence-corrected chi connectivity index (χ1v) is 10.4. The van der Waals surface area contributed by atoms with Crippen LogP contribution in [0.2, 0.25) is 0 Å². The summed E-state index contributed by atoms with van der Waals surface area (Å²) in [6.07, 6.45) is 0.975. The maximum absolute atomic E-state index is 12.5. The normalized spacial score (nSPS) is 10.9. The molecule has 0 aliphatic carbocycles. The predicted molar refractivity (Wildman–Crippen MR) is 112 cm³/mol. The van der Waals surface area contributed by atoms with Gasteiger partial charge in [0, 0.05) is 5.56 Å². The van der Waals surface area contributed by atoms with E-state index in [-0.39, 0.29) is 5.91 Å². The predicted octanol–water partition coefficient (Wildman–Crippen LogP) is 4.85. The molecule has 142 valence electrons. The molecule has 0 radical (unpaired) electrons. The number of rotatable bonds is 6. The lowest BCUT2D eigenvalue weighted by Gasteiger charge is -2.06. The van der Waals surface area contributed by atoms with Gasteiger partial charge in [0.1, 0.15) is 18.1 Å². The Labute approximate surface area is 170 Å². The number of benzene rings is 2. The number of nitrogens with one attached hydrogen (secondary N) is 1. The second-order valence-corrected chi connectivity index (χ2v) is 7.80. The van der Waals surface area contributed by atoms with E-state index in [1.807, 2.05) is 13.0 Å². The Balaban J connectivity index is 1.41. The maximum atomic E-state index is 12.5. The van der Waals surface area contributed by atoms with Crippen molar-refractivity contribution in [2.75, 3.05) is 5.32 Å². The largest absolute Gasteiger partial charge is 0.487 e. The number of hydrogen-bond acceptors (Lipinski definition) is 7. The fourth-order valence-corrected chi connectivity index (χ4v) is 4.12.